The second kappa shape index (κ2) is 7.66. The van der Waals surface area contributed by atoms with Crippen LogP contribution >= 0.6 is 27.5 Å². The van der Waals surface area contributed by atoms with Crippen LogP contribution in [-0.4, -0.2) is 20.1 Å². The highest BCUT2D eigenvalue weighted by Crippen LogP contribution is 2.35. The van der Waals surface area contributed by atoms with Crippen LogP contribution in [0.1, 0.15) is 15.9 Å². The van der Waals surface area contributed by atoms with E-state index in [1.54, 1.807) is 18.2 Å². The summed E-state index contributed by atoms with van der Waals surface area (Å²) < 4.78 is 24.2. The van der Waals surface area contributed by atoms with Crippen LogP contribution < -0.4 is 14.8 Å². The van der Waals surface area contributed by atoms with E-state index in [2.05, 4.69) is 21.2 Å². The van der Waals surface area contributed by atoms with Gasteiger partial charge in [-0.1, -0.05) is 17.7 Å². The van der Waals surface area contributed by atoms with Crippen molar-refractivity contribution in [1.29, 1.82) is 0 Å². The smallest absolute Gasteiger partial charge is 0.251 e. The highest BCUT2D eigenvalue weighted by atomic mass is 79.9. The van der Waals surface area contributed by atoms with Crippen molar-refractivity contribution in [1.82, 2.24) is 5.32 Å². The molecule has 0 radical (unpaired) electrons. The molecule has 2 rings (SSSR count). The number of ether oxygens (including phenoxy) is 2. The zero-order valence-electron chi connectivity index (χ0n) is 12.5. The fourth-order valence-electron chi connectivity index (χ4n) is 1.93. The van der Waals surface area contributed by atoms with E-state index in [4.69, 9.17) is 21.1 Å². The van der Waals surface area contributed by atoms with Crippen LogP contribution in [0.5, 0.6) is 11.5 Å². The van der Waals surface area contributed by atoms with Crippen LogP contribution in [0.2, 0.25) is 5.02 Å². The third-order valence-corrected chi connectivity index (χ3v) is 4.22. The fraction of sp³-hybridized carbons (Fsp3) is 0.188. The quantitative estimate of drug-likeness (QED) is 0.816. The van der Waals surface area contributed by atoms with Gasteiger partial charge in [-0.05, 0) is 45.8 Å². The molecule has 0 atom stereocenters. The van der Waals surface area contributed by atoms with E-state index < -0.39 is 5.82 Å². The molecular formula is C16H14BrClFNO3. The Morgan fingerprint density at radius 1 is 1.22 bits per heavy atom. The monoisotopic (exact) mass is 401 g/mol. The van der Waals surface area contributed by atoms with Gasteiger partial charge in [0, 0.05) is 12.1 Å². The second-order valence-corrected chi connectivity index (χ2v) is 5.83. The first-order chi connectivity index (χ1) is 11.0. The Kier molecular flexibility index (Phi) is 5.85. The highest BCUT2D eigenvalue weighted by molar-refractivity contribution is 9.10. The van der Waals surface area contributed by atoms with Gasteiger partial charge in [-0.2, -0.15) is 0 Å². The standard InChI is InChI=1S/C16H14BrClFNO3/c1-22-13-6-10(7-14(23-2)15(13)17)16(21)20-8-9-3-4-12(19)11(18)5-9/h3-7H,8H2,1-2H3,(H,20,21). The van der Waals surface area contributed by atoms with Gasteiger partial charge in [0.15, 0.2) is 0 Å². The number of benzene rings is 2. The predicted molar refractivity (Wildman–Crippen MR) is 89.8 cm³/mol. The summed E-state index contributed by atoms with van der Waals surface area (Å²) in [6.45, 7) is 0.222. The first kappa shape index (κ1) is 17.6. The Bertz CT molecular complexity index is 714. The Morgan fingerprint density at radius 3 is 2.35 bits per heavy atom. The van der Waals surface area contributed by atoms with Crippen molar-refractivity contribution < 1.29 is 18.7 Å². The lowest BCUT2D eigenvalue weighted by atomic mass is 10.1. The number of nitrogens with one attached hydrogen (secondary N) is 1. The maximum absolute atomic E-state index is 13.1. The third-order valence-electron chi connectivity index (χ3n) is 3.14. The van der Waals surface area contributed by atoms with Crippen molar-refractivity contribution in [3.63, 3.8) is 0 Å². The van der Waals surface area contributed by atoms with Crippen LogP contribution in [-0.2, 0) is 6.54 Å². The minimum atomic E-state index is -0.496. The fourth-order valence-corrected chi connectivity index (χ4v) is 2.69. The van der Waals surface area contributed by atoms with Gasteiger partial charge >= 0.3 is 0 Å². The van der Waals surface area contributed by atoms with Crippen LogP contribution in [0.15, 0.2) is 34.8 Å². The molecule has 0 unspecified atom stereocenters. The second-order valence-electron chi connectivity index (χ2n) is 4.63. The number of amides is 1. The first-order valence-electron chi connectivity index (χ1n) is 6.60. The van der Waals surface area contributed by atoms with Crippen LogP contribution in [0.25, 0.3) is 0 Å². The van der Waals surface area contributed by atoms with Crippen molar-refractivity contribution in [2.45, 2.75) is 6.54 Å². The van der Waals surface area contributed by atoms with Crippen LogP contribution in [0.3, 0.4) is 0 Å². The van der Waals surface area contributed by atoms with Crippen LogP contribution in [0, 0.1) is 5.82 Å². The van der Waals surface area contributed by atoms with Gasteiger partial charge in [0.25, 0.3) is 5.91 Å². The Morgan fingerprint density at radius 2 is 1.83 bits per heavy atom. The minimum absolute atomic E-state index is 0.0173. The first-order valence-corrected chi connectivity index (χ1v) is 7.77. The summed E-state index contributed by atoms with van der Waals surface area (Å²) in [6, 6.07) is 7.48. The molecule has 122 valence electrons. The van der Waals surface area contributed by atoms with E-state index >= 15 is 0 Å². The minimum Gasteiger partial charge on any atom is -0.495 e. The lowest BCUT2D eigenvalue weighted by Gasteiger charge is -2.12. The van der Waals surface area contributed by atoms with Gasteiger partial charge in [-0.25, -0.2) is 4.39 Å². The lowest BCUT2D eigenvalue weighted by Crippen LogP contribution is -2.23. The topological polar surface area (TPSA) is 47.6 Å². The van der Waals surface area contributed by atoms with Crippen molar-refractivity contribution in [2.75, 3.05) is 14.2 Å². The summed E-state index contributed by atoms with van der Waals surface area (Å²) in [6.07, 6.45) is 0. The molecule has 1 amide bonds. The molecule has 7 heteroatoms. The molecule has 0 saturated carbocycles. The molecule has 0 bridgehead atoms. The highest BCUT2D eigenvalue weighted by Gasteiger charge is 2.14. The Labute approximate surface area is 146 Å². The summed E-state index contributed by atoms with van der Waals surface area (Å²) in [5, 5.41) is 2.75. The van der Waals surface area contributed by atoms with Crippen molar-refractivity contribution >= 4 is 33.4 Å². The lowest BCUT2D eigenvalue weighted by molar-refractivity contribution is 0.0950. The van der Waals surface area contributed by atoms with Gasteiger partial charge in [0.1, 0.15) is 21.8 Å². The van der Waals surface area contributed by atoms with E-state index in [9.17, 15) is 9.18 Å². The number of carbonyl (C=O) groups is 1. The molecule has 4 nitrogen and oxygen atoms in total. The summed E-state index contributed by atoms with van der Waals surface area (Å²) >= 11 is 9.06. The SMILES string of the molecule is COc1cc(C(=O)NCc2ccc(F)c(Cl)c2)cc(OC)c1Br. The Balaban J connectivity index is 2.15. The number of methoxy groups -OCH3 is 2. The Hall–Kier alpha value is -1.79. The molecule has 0 spiro atoms. The van der Waals surface area contributed by atoms with Crippen molar-refractivity contribution in [3.05, 3.63) is 56.8 Å². The molecule has 0 fully saturated rings. The van der Waals surface area contributed by atoms with Crippen LogP contribution in [0.4, 0.5) is 4.39 Å². The molecule has 1 N–H and O–H groups in total. The molecule has 2 aromatic rings. The maximum Gasteiger partial charge on any atom is 0.251 e. The number of rotatable bonds is 5. The molecular weight excluding hydrogens is 389 g/mol. The third kappa shape index (κ3) is 4.14. The molecule has 0 saturated heterocycles. The zero-order valence-corrected chi connectivity index (χ0v) is 14.8. The predicted octanol–water partition coefficient (Wildman–Crippen LogP) is 4.19. The molecule has 23 heavy (non-hydrogen) atoms. The van der Waals surface area contributed by atoms with Gasteiger partial charge in [0.05, 0.1) is 19.2 Å². The van der Waals surface area contributed by atoms with E-state index in [1.165, 1.54) is 26.4 Å². The molecule has 0 aromatic heterocycles. The van der Waals surface area contributed by atoms with E-state index in [-0.39, 0.29) is 17.5 Å². The van der Waals surface area contributed by atoms with E-state index in [1.807, 2.05) is 0 Å². The summed E-state index contributed by atoms with van der Waals surface area (Å²) in [7, 11) is 3.00. The average molecular weight is 403 g/mol. The summed E-state index contributed by atoms with van der Waals surface area (Å²) in [5.74, 6) is 0.164. The number of halogens is 3. The van der Waals surface area contributed by atoms with E-state index in [0.717, 1.165) is 0 Å². The zero-order chi connectivity index (χ0) is 17.0. The molecule has 0 aliphatic rings. The normalized spacial score (nSPS) is 10.3. The van der Waals surface area contributed by atoms with Gasteiger partial charge in [0.2, 0.25) is 0 Å². The molecule has 0 heterocycles. The summed E-state index contributed by atoms with van der Waals surface area (Å²) in [5.41, 5.74) is 1.08. The molecule has 0 aliphatic heterocycles. The summed E-state index contributed by atoms with van der Waals surface area (Å²) in [4.78, 5) is 12.3. The largest absolute Gasteiger partial charge is 0.495 e. The number of hydrogen-bond donors (Lipinski definition) is 1. The molecule has 2 aromatic carbocycles. The average Bonchev–Trinajstić information content (AvgIpc) is 2.55. The van der Waals surface area contributed by atoms with Gasteiger partial charge in [-0.15, -0.1) is 0 Å². The van der Waals surface area contributed by atoms with Gasteiger partial charge in [-0.3, -0.25) is 4.79 Å². The maximum atomic E-state index is 13.1. The number of hydrogen-bond acceptors (Lipinski definition) is 3. The van der Waals surface area contributed by atoms with E-state index in [0.29, 0.717) is 27.1 Å². The van der Waals surface area contributed by atoms with Crippen molar-refractivity contribution in [3.8, 4) is 11.5 Å². The van der Waals surface area contributed by atoms with Gasteiger partial charge < -0.3 is 14.8 Å². The molecule has 0 aliphatic carbocycles. The number of carbonyl (C=O) groups excluding carboxylic acids is 1. The van der Waals surface area contributed by atoms with Crippen molar-refractivity contribution in [2.24, 2.45) is 0 Å².